The number of carbonyl (C=O) groups excluding carboxylic acids is 1. The molecule has 0 radical (unpaired) electrons. The number of anilines is 1. The Morgan fingerprint density at radius 3 is 2.58 bits per heavy atom. The Balaban J connectivity index is 1.12. The number of aromatic amines is 1. The van der Waals surface area contributed by atoms with E-state index in [9.17, 15) is 17.6 Å². The number of ether oxygens (including phenoxy) is 1. The summed E-state index contributed by atoms with van der Waals surface area (Å²) >= 11 is 9.15. The number of pyridine rings is 2. The van der Waals surface area contributed by atoms with Gasteiger partial charge in [0.25, 0.3) is 15.9 Å². The van der Waals surface area contributed by atoms with E-state index in [1.54, 1.807) is 24.4 Å². The van der Waals surface area contributed by atoms with Gasteiger partial charge in [0.05, 0.1) is 6.20 Å². The molecule has 1 amide bonds. The molecule has 0 atom stereocenters. The van der Waals surface area contributed by atoms with E-state index in [1.807, 2.05) is 22.9 Å². The summed E-state index contributed by atoms with van der Waals surface area (Å²) in [5, 5.41) is 1.52. The molecule has 1 saturated heterocycles. The van der Waals surface area contributed by atoms with Gasteiger partial charge in [0.1, 0.15) is 32.3 Å². The van der Waals surface area contributed by atoms with Crippen molar-refractivity contribution in [1.29, 1.82) is 0 Å². The molecule has 2 aliphatic rings. The second-order valence-corrected chi connectivity index (χ2v) is 16.8. The van der Waals surface area contributed by atoms with Gasteiger partial charge in [-0.2, -0.15) is 0 Å². The molecule has 2 aromatic carbocycles. The molecule has 52 heavy (non-hydrogen) atoms. The minimum Gasteiger partial charge on any atom is -0.454 e. The molecule has 14 heteroatoms. The maximum Gasteiger partial charge on any atom is 0.283 e. The summed E-state index contributed by atoms with van der Waals surface area (Å²) in [6.07, 6.45) is 6.46. The normalized spacial score (nSPS) is 16.7. The highest BCUT2D eigenvalue weighted by molar-refractivity contribution is 9.10. The lowest BCUT2D eigenvalue weighted by Gasteiger charge is -2.39. The zero-order valence-electron chi connectivity index (χ0n) is 28.6. The number of amides is 1. The molecule has 0 bridgehead atoms. The fourth-order valence-corrected chi connectivity index (χ4v) is 8.29. The van der Waals surface area contributed by atoms with Crippen LogP contribution in [0.15, 0.2) is 94.2 Å². The molecule has 2 N–H and O–H groups in total. The van der Waals surface area contributed by atoms with Crippen molar-refractivity contribution in [3.05, 3.63) is 111 Å². The monoisotopic (exact) mass is 806 g/mol. The number of halogens is 3. The van der Waals surface area contributed by atoms with Crippen molar-refractivity contribution in [2.75, 3.05) is 37.6 Å². The molecule has 270 valence electrons. The van der Waals surface area contributed by atoms with Crippen LogP contribution in [-0.4, -0.2) is 66.9 Å². The molecule has 1 aliphatic carbocycles. The summed E-state index contributed by atoms with van der Waals surface area (Å²) < 4.78 is 49.1. The first-order chi connectivity index (χ1) is 24.8. The molecule has 3 aromatic heterocycles. The fourth-order valence-electron chi connectivity index (χ4n) is 6.77. The number of hydrogen-bond donors (Lipinski definition) is 2. The standard InChI is InChI=1S/C38H37BrClFN6O4S/c1-38(2)13-11-26(30(21-38)24-3-5-27(40)6-4-24)23-46-15-17-47(18-16-46)28-7-10-34(33(20-28)51-29-19-25-12-14-42-36(25)43-22-29)52(49,50)45-37(48)32-9-8-31(41)35(39)44-32/h3-10,12,14,19-20,22H,11,13,15-18,21,23H2,1-2H3,(H,42,43)(H,45,48). The van der Waals surface area contributed by atoms with E-state index >= 15 is 0 Å². The van der Waals surface area contributed by atoms with Gasteiger partial charge in [0.15, 0.2) is 5.82 Å². The van der Waals surface area contributed by atoms with Crippen molar-refractivity contribution in [3.63, 3.8) is 0 Å². The summed E-state index contributed by atoms with van der Waals surface area (Å²) in [5.41, 5.74) is 5.51. The van der Waals surface area contributed by atoms with E-state index in [2.05, 4.69) is 66.7 Å². The quantitative estimate of drug-likeness (QED) is 0.143. The summed E-state index contributed by atoms with van der Waals surface area (Å²) in [7, 11) is -4.46. The third-order valence-corrected chi connectivity index (χ3v) is 11.8. The van der Waals surface area contributed by atoms with E-state index in [1.165, 1.54) is 29.0 Å². The third kappa shape index (κ3) is 8.02. The number of aromatic nitrogens is 3. The largest absolute Gasteiger partial charge is 0.454 e. The van der Waals surface area contributed by atoms with Gasteiger partial charge in [-0.25, -0.2) is 27.5 Å². The third-order valence-electron chi connectivity index (χ3n) is 9.61. The number of nitrogens with one attached hydrogen (secondary N) is 2. The summed E-state index contributed by atoms with van der Waals surface area (Å²) in [6, 6.07) is 18.7. The Hall–Kier alpha value is -4.30. The van der Waals surface area contributed by atoms with Crippen LogP contribution in [-0.2, 0) is 10.0 Å². The van der Waals surface area contributed by atoms with E-state index in [4.69, 9.17) is 16.3 Å². The van der Waals surface area contributed by atoms with Crippen molar-refractivity contribution < 1.29 is 22.3 Å². The number of piperazine rings is 1. The Morgan fingerprint density at radius 1 is 1.06 bits per heavy atom. The topological polar surface area (TPSA) is 121 Å². The molecular weight excluding hydrogens is 771 g/mol. The van der Waals surface area contributed by atoms with Gasteiger partial charge in [0, 0.05) is 61.1 Å². The number of sulfonamides is 1. The molecule has 0 saturated carbocycles. The average molecular weight is 808 g/mol. The fraction of sp³-hybridized carbons (Fsp3) is 0.289. The van der Waals surface area contributed by atoms with Crippen molar-refractivity contribution in [3.8, 4) is 11.5 Å². The van der Waals surface area contributed by atoms with E-state index < -0.39 is 21.7 Å². The number of benzene rings is 2. The van der Waals surface area contributed by atoms with Gasteiger partial charge in [0.2, 0.25) is 0 Å². The zero-order chi connectivity index (χ0) is 36.6. The van der Waals surface area contributed by atoms with Crippen LogP contribution < -0.4 is 14.4 Å². The van der Waals surface area contributed by atoms with Crippen molar-refractivity contribution >= 4 is 65.8 Å². The maximum absolute atomic E-state index is 13.7. The smallest absolute Gasteiger partial charge is 0.283 e. The minimum atomic E-state index is -4.46. The Bertz CT molecular complexity index is 2290. The van der Waals surface area contributed by atoms with Crippen LogP contribution in [0.4, 0.5) is 10.1 Å². The van der Waals surface area contributed by atoms with Crippen LogP contribution in [0, 0.1) is 11.2 Å². The lowest BCUT2D eigenvalue weighted by molar-refractivity contribution is 0.0976. The van der Waals surface area contributed by atoms with Crippen molar-refractivity contribution in [1.82, 2.24) is 24.6 Å². The Kier molecular flexibility index (Phi) is 10.1. The lowest BCUT2D eigenvalue weighted by Crippen LogP contribution is -2.47. The SMILES string of the molecule is CC1(C)CCC(CN2CCN(c3ccc(S(=O)(=O)NC(=O)c4ccc(F)c(Br)n4)c(Oc4cnc5[nH]ccc5c4)c3)CC2)=C(c2ccc(Cl)cc2)C1. The van der Waals surface area contributed by atoms with Crippen LogP contribution >= 0.6 is 27.5 Å². The zero-order valence-corrected chi connectivity index (χ0v) is 31.8. The van der Waals surface area contributed by atoms with Gasteiger partial charge >= 0.3 is 0 Å². The molecule has 1 fully saturated rings. The maximum atomic E-state index is 13.7. The van der Waals surface area contributed by atoms with Gasteiger partial charge in [-0.05, 0) is 100 Å². The van der Waals surface area contributed by atoms with Crippen molar-refractivity contribution in [2.45, 2.75) is 38.0 Å². The predicted octanol–water partition coefficient (Wildman–Crippen LogP) is 8.21. The first-order valence-corrected chi connectivity index (χ1v) is 19.6. The van der Waals surface area contributed by atoms with Crippen LogP contribution in [0.2, 0.25) is 5.02 Å². The second kappa shape index (κ2) is 14.6. The van der Waals surface area contributed by atoms with Gasteiger partial charge in [-0.15, -0.1) is 0 Å². The van der Waals surface area contributed by atoms with E-state index in [-0.39, 0.29) is 26.4 Å². The molecule has 7 rings (SSSR count). The number of H-pyrrole nitrogens is 1. The highest BCUT2D eigenvalue weighted by atomic mass is 79.9. The number of carbonyl (C=O) groups is 1. The average Bonchev–Trinajstić information content (AvgIpc) is 3.59. The highest BCUT2D eigenvalue weighted by Crippen LogP contribution is 2.43. The van der Waals surface area contributed by atoms with Gasteiger partial charge in [-0.1, -0.05) is 43.2 Å². The number of fused-ring (bicyclic) bond motifs is 1. The molecule has 4 heterocycles. The predicted molar refractivity (Wildman–Crippen MR) is 204 cm³/mol. The molecule has 5 aromatic rings. The molecular formula is C38H37BrClFN6O4S. The van der Waals surface area contributed by atoms with Gasteiger partial charge in [-0.3, -0.25) is 9.69 Å². The number of rotatable bonds is 9. The van der Waals surface area contributed by atoms with Gasteiger partial charge < -0.3 is 14.6 Å². The molecule has 0 spiro atoms. The van der Waals surface area contributed by atoms with Crippen LogP contribution in [0.5, 0.6) is 11.5 Å². The first kappa shape index (κ1) is 36.1. The minimum absolute atomic E-state index is 0.0211. The van der Waals surface area contributed by atoms with Crippen LogP contribution in [0.3, 0.4) is 0 Å². The molecule has 1 aliphatic heterocycles. The van der Waals surface area contributed by atoms with Crippen LogP contribution in [0.1, 0.15) is 49.2 Å². The lowest BCUT2D eigenvalue weighted by atomic mass is 9.72. The second-order valence-electron chi connectivity index (χ2n) is 13.9. The van der Waals surface area contributed by atoms with Crippen molar-refractivity contribution in [2.24, 2.45) is 5.41 Å². The first-order valence-electron chi connectivity index (χ1n) is 16.9. The number of hydrogen-bond acceptors (Lipinski definition) is 8. The van der Waals surface area contributed by atoms with E-state index in [0.717, 1.165) is 80.2 Å². The Morgan fingerprint density at radius 2 is 1.83 bits per heavy atom. The molecule has 0 unspecified atom stereocenters. The van der Waals surface area contributed by atoms with E-state index in [0.29, 0.717) is 11.4 Å². The number of nitrogens with zero attached hydrogens (tertiary/aromatic N) is 4. The summed E-state index contributed by atoms with van der Waals surface area (Å²) in [4.78, 5) is 28.6. The Labute approximate surface area is 315 Å². The summed E-state index contributed by atoms with van der Waals surface area (Å²) in [6.45, 7) is 8.64. The number of allylic oxidation sites excluding steroid dienone is 1. The summed E-state index contributed by atoms with van der Waals surface area (Å²) in [5.74, 6) is -1.36. The highest BCUT2D eigenvalue weighted by Gasteiger charge is 2.30. The molecule has 10 nitrogen and oxygen atoms in total. The van der Waals surface area contributed by atoms with Crippen LogP contribution in [0.25, 0.3) is 16.6 Å².